The second kappa shape index (κ2) is 16.3. The highest BCUT2D eigenvalue weighted by Crippen LogP contribution is 2.06. The van der Waals surface area contributed by atoms with Crippen molar-refractivity contribution in [3.63, 3.8) is 0 Å². The predicted molar refractivity (Wildman–Crippen MR) is 94.9 cm³/mol. The van der Waals surface area contributed by atoms with Crippen LogP contribution in [0.1, 0.15) is 26.2 Å². The summed E-state index contributed by atoms with van der Waals surface area (Å²) in [5.41, 5.74) is 0. The number of hydrogen-bond acceptors (Lipinski definition) is 7. The van der Waals surface area contributed by atoms with Gasteiger partial charge in [-0.1, -0.05) is 6.92 Å². The summed E-state index contributed by atoms with van der Waals surface area (Å²) in [6.45, 7) is 7.09. The molecule has 1 unspecified atom stereocenters. The molecule has 0 N–H and O–H groups in total. The number of carbonyl (C=O) groups is 1. The number of Topliss-reactive ketones (excluding diaryl/α,β-unsaturated/α-hetero) is 1. The first-order chi connectivity index (χ1) is 11.8. The van der Waals surface area contributed by atoms with Gasteiger partial charge < -0.3 is 23.7 Å². The molecule has 0 spiro atoms. The monoisotopic (exact) mass is 364 g/mol. The molecule has 142 valence electrons. The van der Waals surface area contributed by atoms with E-state index in [2.05, 4.69) is 0 Å². The van der Waals surface area contributed by atoms with Gasteiger partial charge in [-0.25, -0.2) is 0 Å². The molecule has 6 nitrogen and oxygen atoms in total. The Labute approximate surface area is 149 Å². The van der Waals surface area contributed by atoms with E-state index in [4.69, 9.17) is 23.7 Å². The van der Waals surface area contributed by atoms with E-state index >= 15 is 0 Å². The van der Waals surface area contributed by atoms with Crippen LogP contribution < -0.4 is 0 Å². The zero-order valence-electron chi connectivity index (χ0n) is 14.8. The molecule has 24 heavy (non-hydrogen) atoms. The SMILES string of the molecule is CCC(=O)CSCCCCOCC1COCCOCCOCCO1. The number of unbranched alkanes of at least 4 members (excludes halogenated alkanes) is 1. The van der Waals surface area contributed by atoms with Crippen LogP contribution in [0.2, 0.25) is 0 Å². The Morgan fingerprint density at radius 2 is 1.75 bits per heavy atom. The molecule has 0 amide bonds. The Balaban J connectivity index is 2.00. The summed E-state index contributed by atoms with van der Waals surface area (Å²) in [5.74, 6) is 1.97. The van der Waals surface area contributed by atoms with Gasteiger partial charge in [0.1, 0.15) is 11.9 Å². The van der Waals surface area contributed by atoms with Crippen LogP contribution in [0.3, 0.4) is 0 Å². The van der Waals surface area contributed by atoms with Crippen molar-refractivity contribution in [2.24, 2.45) is 0 Å². The standard InChI is InChI=1S/C17H32O6S/c1-2-16(18)15-24-12-4-3-5-21-13-17-14-22-9-8-19-6-7-20-10-11-23-17/h17H,2-15H2,1H3. The molecule has 0 aromatic heterocycles. The Hall–Kier alpha value is -0.180. The smallest absolute Gasteiger partial charge is 0.142 e. The molecular formula is C17H32O6S. The van der Waals surface area contributed by atoms with Crippen molar-refractivity contribution >= 4 is 17.5 Å². The summed E-state index contributed by atoms with van der Waals surface area (Å²) in [4.78, 5) is 11.2. The largest absolute Gasteiger partial charge is 0.379 e. The topological polar surface area (TPSA) is 63.2 Å². The van der Waals surface area contributed by atoms with Gasteiger partial charge in [-0.05, 0) is 18.6 Å². The predicted octanol–water partition coefficient (Wildman–Crippen LogP) is 1.94. The Bertz CT molecular complexity index is 291. The molecule has 1 atom stereocenters. The summed E-state index contributed by atoms with van der Waals surface area (Å²) < 4.78 is 27.8. The molecule has 0 radical (unpaired) electrons. The molecule has 1 fully saturated rings. The van der Waals surface area contributed by atoms with Gasteiger partial charge in [0.2, 0.25) is 0 Å². The average molecular weight is 365 g/mol. The molecule has 0 saturated carbocycles. The number of thioether (sulfide) groups is 1. The zero-order valence-corrected chi connectivity index (χ0v) is 15.7. The van der Waals surface area contributed by atoms with E-state index in [1.807, 2.05) is 6.92 Å². The van der Waals surface area contributed by atoms with Gasteiger partial charge in [-0.3, -0.25) is 4.79 Å². The molecule has 1 heterocycles. The maximum Gasteiger partial charge on any atom is 0.142 e. The van der Waals surface area contributed by atoms with Gasteiger partial charge >= 0.3 is 0 Å². The summed E-state index contributed by atoms with van der Waals surface area (Å²) >= 11 is 1.71. The van der Waals surface area contributed by atoms with E-state index < -0.39 is 0 Å². The van der Waals surface area contributed by atoms with Gasteiger partial charge in [-0.15, -0.1) is 0 Å². The Kier molecular flexibility index (Phi) is 14.8. The third kappa shape index (κ3) is 13.1. The minimum Gasteiger partial charge on any atom is -0.379 e. The minimum atomic E-state index is -0.0652. The van der Waals surface area contributed by atoms with Gasteiger partial charge in [0, 0.05) is 13.0 Å². The fraction of sp³-hybridized carbons (Fsp3) is 0.941. The molecule has 1 rings (SSSR count). The highest BCUT2D eigenvalue weighted by Gasteiger charge is 2.10. The lowest BCUT2D eigenvalue weighted by Gasteiger charge is -2.19. The summed E-state index contributed by atoms with van der Waals surface area (Å²) in [5, 5.41) is 0. The maximum absolute atomic E-state index is 11.2. The Morgan fingerprint density at radius 1 is 1.04 bits per heavy atom. The van der Waals surface area contributed by atoms with Gasteiger partial charge in [-0.2, -0.15) is 11.8 Å². The van der Waals surface area contributed by atoms with E-state index in [1.54, 1.807) is 11.8 Å². The average Bonchev–Trinajstić information content (AvgIpc) is 2.58. The molecule has 0 bridgehead atoms. The van der Waals surface area contributed by atoms with Crippen LogP contribution in [0.4, 0.5) is 0 Å². The molecule has 0 aromatic carbocycles. The van der Waals surface area contributed by atoms with Crippen LogP contribution in [0.25, 0.3) is 0 Å². The van der Waals surface area contributed by atoms with Crippen molar-refractivity contribution in [1.82, 2.24) is 0 Å². The van der Waals surface area contributed by atoms with Crippen molar-refractivity contribution < 1.29 is 28.5 Å². The molecule has 1 aliphatic heterocycles. The van der Waals surface area contributed by atoms with E-state index in [1.165, 1.54) is 0 Å². The van der Waals surface area contributed by atoms with Crippen LogP contribution in [-0.2, 0) is 28.5 Å². The fourth-order valence-corrected chi connectivity index (χ4v) is 2.97. The highest BCUT2D eigenvalue weighted by molar-refractivity contribution is 7.99. The fourth-order valence-electron chi connectivity index (χ4n) is 1.98. The lowest BCUT2D eigenvalue weighted by Crippen LogP contribution is -2.29. The number of hydrogen-bond donors (Lipinski definition) is 0. The number of rotatable bonds is 10. The zero-order chi connectivity index (χ0) is 17.3. The Morgan fingerprint density at radius 3 is 2.50 bits per heavy atom. The third-order valence-electron chi connectivity index (χ3n) is 3.42. The summed E-state index contributed by atoms with van der Waals surface area (Å²) in [7, 11) is 0. The first-order valence-corrected chi connectivity index (χ1v) is 10.0. The lowest BCUT2D eigenvalue weighted by molar-refractivity contribution is -0.116. The van der Waals surface area contributed by atoms with E-state index in [0.29, 0.717) is 77.4 Å². The van der Waals surface area contributed by atoms with Gasteiger partial charge in [0.25, 0.3) is 0 Å². The van der Waals surface area contributed by atoms with Crippen molar-refractivity contribution in [3.05, 3.63) is 0 Å². The molecular weight excluding hydrogens is 332 g/mol. The van der Waals surface area contributed by atoms with E-state index in [-0.39, 0.29) is 6.10 Å². The molecule has 1 saturated heterocycles. The normalized spacial score (nSPS) is 21.0. The van der Waals surface area contributed by atoms with Crippen molar-refractivity contribution in [3.8, 4) is 0 Å². The second-order valence-corrected chi connectivity index (χ2v) is 6.62. The molecule has 0 aliphatic carbocycles. The van der Waals surface area contributed by atoms with E-state index in [0.717, 1.165) is 18.6 Å². The summed E-state index contributed by atoms with van der Waals surface area (Å²) in [6.07, 6.45) is 2.63. The quantitative estimate of drug-likeness (QED) is 0.549. The molecule has 1 aliphatic rings. The number of ether oxygens (including phenoxy) is 5. The van der Waals surface area contributed by atoms with Gasteiger partial charge in [0.15, 0.2) is 0 Å². The van der Waals surface area contributed by atoms with E-state index in [9.17, 15) is 4.79 Å². The van der Waals surface area contributed by atoms with Crippen LogP contribution in [0, 0.1) is 0 Å². The van der Waals surface area contributed by atoms with Crippen LogP contribution in [-0.4, -0.2) is 82.9 Å². The molecule has 0 aromatic rings. The highest BCUT2D eigenvalue weighted by atomic mass is 32.2. The van der Waals surface area contributed by atoms with Crippen LogP contribution in [0.5, 0.6) is 0 Å². The number of ketones is 1. The van der Waals surface area contributed by atoms with Crippen molar-refractivity contribution in [2.45, 2.75) is 32.3 Å². The first-order valence-electron chi connectivity index (χ1n) is 8.85. The molecule has 7 heteroatoms. The third-order valence-corrected chi connectivity index (χ3v) is 4.52. The maximum atomic E-state index is 11.2. The van der Waals surface area contributed by atoms with Crippen LogP contribution >= 0.6 is 11.8 Å². The van der Waals surface area contributed by atoms with Crippen LogP contribution in [0.15, 0.2) is 0 Å². The van der Waals surface area contributed by atoms with Gasteiger partial charge in [0.05, 0.1) is 58.6 Å². The number of carbonyl (C=O) groups excluding carboxylic acids is 1. The van der Waals surface area contributed by atoms with Crippen molar-refractivity contribution in [2.75, 3.05) is 71.0 Å². The van der Waals surface area contributed by atoms with Crippen molar-refractivity contribution in [1.29, 1.82) is 0 Å². The summed E-state index contributed by atoms with van der Waals surface area (Å²) in [6, 6.07) is 0. The second-order valence-electron chi connectivity index (χ2n) is 5.52. The first kappa shape index (κ1) is 21.9. The lowest BCUT2D eigenvalue weighted by atomic mass is 10.3. The minimum absolute atomic E-state index is 0.0652.